The number of hydrogen-bond donors (Lipinski definition) is 3. The van der Waals surface area contributed by atoms with Crippen LogP contribution in [-0.4, -0.2) is 47.3 Å². The Morgan fingerprint density at radius 1 is 1.52 bits per heavy atom. The first-order valence-electron chi connectivity index (χ1n) is 7.21. The van der Waals surface area contributed by atoms with Crippen molar-refractivity contribution >= 4 is 17.5 Å². The molecule has 1 saturated heterocycles. The molecule has 1 aromatic rings. The molecule has 8 heteroatoms. The second kappa shape index (κ2) is 5.53. The first kappa shape index (κ1) is 14.2. The van der Waals surface area contributed by atoms with Crippen molar-refractivity contribution in [3.05, 3.63) is 0 Å². The van der Waals surface area contributed by atoms with Crippen LogP contribution in [0.15, 0.2) is 0 Å². The van der Waals surface area contributed by atoms with Crippen LogP contribution in [0.25, 0.3) is 0 Å². The zero-order valence-electron chi connectivity index (χ0n) is 12.2. The predicted octanol–water partition coefficient (Wildman–Crippen LogP) is 0.390. The Balaban J connectivity index is 1.90. The van der Waals surface area contributed by atoms with Crippen molar-refractivity contribution in [1.29, 1.82) is 0 Å². The molecule has 0 saturated carbocycles. The van der Waals surface area contributed by atoms with Gasteiger partial charge in [0, 0.05) is 5.92 Å². The summed E-state index contributed by atoms with van der Waals surface area (Å²) in [6.07, 6.45) is 0.561. The lowest BCUT2D eigenvalue weighted by Gasteiger charge is -2.27. The average molecular weight is 295 g/mol. The van der Waals surface area contributed by atoms with Crippen LogP contribution in [0, 0.1) is 5.92 Å². The number of nitrogen functional groups attached to an aromatic ring is 1. The summed E-state index contributed by atoms with van der Waals surface area (Å²) >= 11 is 0. The summed E-state index contributed by atoms with van der Waals surface area (Å²) in [5, 5.41) is 12.5. The van der Waals surface area contributed by atoms with E-state index >= 15 is 0 Å². The normalized spacial score (nSPS) is 27.6. The maximum atomic E-state index is 9.27. The highest BCUT2D eigenvalue weighted by molar-refractivity contribution is 5.77. The molecule has 0 amide bonds. The number of aromatic nitrogens is 2. The Bertz CT molecular complexity index is 527. The lowest BCUT2D eigenvalue weighted by molar-refractivity contribution is 0.00585. The van der Waals surface area contributed by atoms with Gasteiger partial charge in [-0.2, -0.15) is 9.97 Å². The van der Waals surface area contributed by atoms with Gasteiger partial charge in [-0.25, -0.2) is 0 Å². The fraction of sp³-hybridized carbons (Fsp3) is 0.692. The smallest absolute Gasteiger partial charge is 0.244 e. The van der Waals surface area contributed by atoms with Crippen LogP contribution < -0.4 is 20.7 Å². The topological polar surface area (TPSA) is 106 Å². The Kier molecular flexibility index (Phi) is 3.73. The van der Waals surface area contributed by atoms with Gasteiger partial charge in [-0.15, -0.1) is 0 Å². The molecule has 3 atom stereocenters. The zero-order chi connectivity index (χ0) is 15.0. The SMILES string of the molecule is CCOc1nc(N)nc2c1NCN2C1OC(CO)CC1C. The fourth-order valence-corrected chi connectivity index (χ4v) is 2.91. The maximum absolute atomic E-state index is 9.27. The molecular weight excluding hydrogens is 274 g/mol. The van der Waals surface area contributed by atoms with Gasteiger partial charge in [0.2, 0.25) is 11.8 Å². The lowest BCUT2D eigenvalue weighted by atomic mass is 10.1. The van der Waals surface area contributed by atoms with Gasteiger partial charge in [-0.05, 0) is 13.3 Å². The second-order valence-electron chi connectivity index (χ2n) is 5.37. The zero-order valence-corrected chi connectivity index (χ0v) is 12.2. The lowest BCUT2D eigenvalue weighted by Crippen LogP contribution is -2.39. The summed E-state index contributed by atoms with van der Waals surface area (Å²) in [5.74, 6) is 1.63. The predicted molar refractivity (Wildman–Crippen MR) is 78.1 cm³/mol. The van der Waals surface area contributed by atoms with Gasteiger partial charge >= 0.3 is 0 Å². The first-order chi connectivity index (χ1) is 10.1. The molecule has 0 aromatic carbocycles. The van der Waals surface area contributed by atoms with Crippen molar-refractivity contribution in [1.82, 2.24) is 9.97 Å². The molecule has 0 radical (unpaired) electrons. The number of anilines is 3. The number of rotatable bonds is 4. The summed E-state index contributed by atoms with van der Waals surface area (Å²) in [7, 11) is 0. The number of nitrogens with zero attached hydrogens (tertiary/aromatic N) is 3. The fourth-order valence-electron chi connectivity index (χ4n) is 2.91. The molecule has 0 aliphatic carbocycles. The molecule has 21 heavy (non-hydrogen) atoms. The molecule has 0 bridgehead atoms. The largest absolute Gasteiger partial charge is 0.476 e. The average Bonchev–Trinajstić information content (AvgIpc) is 3.02. The monoisotopic (exact) mass is 295 g/mol. The maximum Gasteiger partial charge on any atom is 0.244 e. The van der Waals surface area contributed by atoms with E-state index in [1.54, 1.807) is 0 Å². The van der Waals surface area contributed by atoms with Crippen molar-refractivity contribution in [2.45, 2.75) is 32.6 Å². The summed E-state index contributed by atoms with van der Waals surface area (Å²) in [4.78, 5) is 10.4. The van der Waals surface area contributed by atoms with Crippen molar-refractivity contribution in [3.8, 4) is 5.88 Å². The van der Waals surface area contributed by atoms with E-state index in [1.165, 1.54) is 0 Å². The molecule has 8 nitrogen and oxygen atoms in total. The molecule has 0 spiro atoms. The van der Waals surface area contributed by atoms with Crippen molar-refractivity contribution in [3.63, 3.8) is 0 Å². The van der Waals surface area contributed by atoms with E-state index in [-0.39, 0.29) is 24.9 Å². The van der Waals surface area contributed by atoms with Crippen LogP contribution in [0.3, 0.4) is 0 Å². The van der Waals surface area contributed by atoms with Crippen LogP contribution >= 0.6 is 0 Å². The third-order valence-electron chi connectivity index (χ3n) is 3.82. The van der Waals surface area contributed by atoms with Gasteiger partial charge in [-0.1, -0.05) is 6.92 Å². The highest BCUT2D eigenvalue weighted by Gasteiger charge is 2.40. The number of fused-ring (bicyclic) bond motifs is 1. The van der Waals surface area contributed by atoms with E-state index in [0.29, 0.717) is 30.9 Å². The van der Waals surface area contributed by atoms with E-state index in [1.807, 2.05) is 11.8 Å². The van der Waals surface area contributed by atoms with E-state index in [9.17, 15) is 5.11 Å². The quantitative estimate of drug-likeness (QED) is 0.732. The summed E-state index contributed by atoms with van der Waals surface area (Å²) in [5.41, 5.74) is 6.52. The number of aliphatic hydroxyl groups is 1. The molecule has 2 aliphatic heterocycles. The standard InChI is InChI=1S/C13H21N5O3/c1-3-20-11-9-10(16-13(14)17-11)18(6-15-9)12-7(2)4-8(5-19)21-12/h7-8,12,15,19H,3-6H2,1-2H3,(H2,14,16,17). The van der Waals surface area contributed by atoms with Gasteiger partial charge in [0.15, 0.2) is 5.82 Å². The number of nitrogens with one attached hydrogen (secondary N) is 1. The Labute approximate surface area is 123 Å². The minimum Gasteiger partial charge on any atom is -0.476 e. The molecule has 3 unspecified atom stereocenters. The third kappa shape index (κ3) is 2.44. The summed E-state index contributed by atoms with van der Waals surface area (Å²) in [6, 6.07) is 0. The Hall–Kier alpha value is -1.80. The third-order valence-corrected chi connectivity index (χ3v) is 3.82. The summed E-state index contributed by atoms with van der Waals surface area (Å²) in [6.45, 7) is 5.09. The van der Waals surface area contributed by atoms with Gasteiger partial charge in [-0.3, -0.25) is 0 Å². The van der Waals surface area contributed by atoms with Crippen molar-refractivity contribution < 1.29 is 14.6 Å². The highest BCUT2D eigenvalue weighted by atomic mass is 16.5. The molecule has 2 aliphatic rings. The van der Waals surface area contributed by atoms with Crippen LogP contribution in [0.4, 0.5) is 17.5 Å². The van der Waals surface area contributed by atoms with Crippen LogP contribution in [0.5, 0.6) is 5.88 Å². The van der Waals surface area contributed by atoms with Gasteiger partial charge in [0.05, 0.1) is 26.0 Å². The number of hydrogen-bond acceptors (Lipinski definition) is 8. The summed E-state index contributed by atoms with van der Waals surface area (Å²) < 4.78 is 11.4. The van der Waals surface area contributed by atoms with Crippen LogP contribution in [-0.2, 0) is 4.74 Å². The Morgan fingerprint density at radius 3 is 3.00 bits per heavy atom. The Morgan fingerprint density at radius 2 is 2.33 bits per heavy atom. The molecular formula is C13H21N5O3. The minimum atomic E-state index is -0.139. The van der Waals surface area contributed by atoms with E-state index in [0.717, 1.165) is 12.1 Å². The number of ether oxygens (including phenoxy) is 2. The molecule has 3 rings (SSSR count). The number of aliphatic hydroxyl groups excluding tert-OH is 1. The van der Waals surface area contributed by atoms with E-state index in [2.05, 4.69) is 22.2 Å². The highest BCUT2D eigenvalue weighted by Crippen LogP contribution is 2.41. The number of nitrogens with two attached hydrogens (primary N) is 1. The van der Waals surface area contributed by atoms with E-state index < -0.39 is 0 Å². The van der Waals surface area contributed by atoms with Gasteiger partial charge in [0.25, 0.3) is 0 Å². The van der Waals surface area contributed by atoms with Gasteiger partial charge < -0.3 is 30.5 Å². The van der Waals surface area contributed by atoms with E-state index in [4.69, 9.17) is 15.2 Å². The molecule has 4 N–H and O–H groups in total. The minimum absolute atomic E-state index is 0.0328. The van der Waals surface area contributed by atoms with Crippen LogP contribution in [0.1, 0.15) is 20.3 Å². The van der Waals surface area contributed by atoms with Crippen molar-refractivity contribution in [2.75, 3.05) is 35.8 Å². The second-order valence-corrected chi connectivity index (χ2v) is 5.37. The van der Waals surface area contributed by atoms with Crippen LogP contribution in [0.2, 0.25) is 0 Å². The molecule has 1 fully saturated rings. The van der Waals surface area contributed by atoms with Crippen molar-refractivity contribution in [2.24, 2.45) is 5.92 Å². The first-order valence-corrected chi connectivity index (χ1v) is 7.21. The molecule has 116 valence electrons. The molecule has 3 heterocycles. The molecule has 1 aromatic heterocycles. The van der Waals surface area contributed by atoms with Gasteiger partial charge in [0.1, 0.15) is 11.9 Å².